The highest BCUT2D eigenvalue weighted by Gasteiger charge is 2.18. The molecule has 0 unspecified atom stereocenters. The van der Waals surface area contributed by atoms with Crippen molar-refractivity contribution in [3.05, 3.63) is 42.2 Å². The van der Waals surface area contributed by atoms with Crippen LogP contribution in [0.3, 0.4) is 0 Å². The lowest BCUT2D eigenvalue weighted by atomic mass is 10.1. The molecule has 0 atom stereocenters. The number of hydrogen-bond acceptors (Lipinski definition) is 5. The molecule has 0 bridgehead atoms. The fourth-order valence-electron chi connectivity index (χ4n) is 2.46. The summed E-state index contributed by atoms with van der Waals surface area (Å²) >= 11 is 0. The Balaban J connectivity index is 1.96. The van der Waals surface area contributed by atoms with Crippen LogP contribution in [0, 0.1) is 0 Å². The summed E-state index contributed by atoms with van der Waals surface area (Å²) in [6.45, 7) is 6.61. The molecule has 0 spiro atoms. The van der Waals surface area contributed by atoms with Crippen LogP contribution in [0.2, 0.25) is 0 Å². The molecule has 1 N–H and O–H groups in total. The van der Waals surface area contributed by atoms with Crippen molar-refractivity contribution >= 4 is 11.5 Å². The number of rotatable bonds is 3. The van der Waals surface area contributed by atoms with E-state index in [-0.39, 0.29) is 6.10 Å². The van der Waals surface area contributed by atoms with Crippen LogP contribution in [0.1, 0.15) is 19.4 Å². The Morgan fingerprint density at radius 3 is 2.95 bits per heavy atom. The van der Waals surface area contributed by atoms with E-state index in [9.17, 15) is 0 Å². The summed E-state index contributed by atoms with van der Waals surface area (Å²) in [4.78, 5) is 11.0. The van der Waals surface area contributed by atoms with Gasteiger partial charge in [0.1, 0.15) is 0 Å². The predicted octanol–water partition coefficient (Wildman–Crippen LogP) is 2.51. The molecule has 5 nitrogen and oxygen atoms in total. The van der Waals surface area contributed by atoms with E-state index in [4.69, 9.17) is 4.74 Å². The average Bonchev–Trinajstić information content (AvgIpc) is 2.69. The second-order valence-electron chi connectivity index (χ2n) is 5.34. The Hall–Kier alpha value is -2.14. The first-order valence-corrected chi connectivity index (χ1v) is 7.29. The first kappa shape index (κ1) is 13.8. The molecule has 1 aliphatic heterocycles. The number of hydrogen-bond donors (Lipinski definition) is 1. The Morgan fingerprint density at radius 2 is 2.10 bits per heavy atom. The van der Waals surface area contributed by atoms with Gasteiger partial charge in [0, 0.05) is 25.3 Å². The summed E-state index contributed by atoms with van der Waals surface area (Å²) in [5.41, 5.74) is 2.45. The maximum atomic E-state index is 5.65. The molecular formula is C16H20N4O. The largest absolute Gasteiger partial charge is 0.474 e. The van der Waals surface area contributed by atoms with Crippen molar-refractivity contribution < 1.29 is 4.74 Å². The van der Waals surface area contributed by atoms with Crippen molar-refractivity contribution in [3.8, 4) is 5.88 Å². The van der Waals surface area contributed by atoms with Gasteiger partial charge in [-0.05, 0) is 25.5 Å². The molecule has 0 aliphatic carbocycles. The van der Waals surface area contributed by atoms with Gasteiger partial charge in [0.25, 0.3) is 0 Å². The monoisotopic (exact) mass is 284 g/mol. The normalized spacial score (nSPS) is 14.7. The van der Waals surface area contributed by atoms with Gasteiger partial charge in [0.15, 0.2) is 5.82 Å². The standard InChI is InChI=1S/C16H20N4O/c1-12(2)21-16-11-18-10-15(19-16)20-8-7-17-9-13-5-3-4-6-14(13)20/h3-6,10-12,17H,7-9H2,1-2H3. The Kier molecular flexibility index (Phi) is 4.01. The van der Waals surface area contributed by atoms with Gasteiger partial charge < -0.3 is 15.0 Å². The molecular weight excluding hydrogens is 264 g/mol. The van der Waals surface area contributed by atoms with E-state index in [2.05, 4.69) is 44.5 Å². The molecule has 0 fully saturated rings. The third-order valence-corrected chi connectivity index (χ3v) is 3.34. The second-order valence-corrected chi connectivity index (χ2v) is 5.34. The van der Waals surface area contributed by atoms with Crippen molar-refractivity contribution in [2.75, 3.05) is 18.0 Å². The third-order valence-electron chi connectivity index (χ3n) is 3.34. The van der Waals surface area contributed by atoms with Gasteiger partial charge in [-0.3, -0.25) is 4.98 Å². The van der Waals surface area contributed by atoms with Crippen LogP contribution in [0.5, 0.6) is 5.88 Å². The summed E-state index contributed by atoms with van der Waals surface area (Å²) < 4.78 is 5.65. The van der Waals surface area contributed by atoms with Crippen molar-refractivity contribution in [2.24, 2.45) is 0 Å². The Labute approximate surface area is 125 Å². The number of fused-ring (bicyclic) bond motifs is 1. The minimum atomic E-state index is 0.0904. The van der Waals surface area contributed by atoms with Crippen LogP contribution >= 0.6 is 0 Å². The van der Waals surface area contributed by atoms with Gasteiger partial charge in [0.2, 0.25) is 5.88 Å². The van der Waals surface area contributed by atoms with Gasteiger partial charge in [-0.1, -0.05) is 18.2 Å². The van der Waals surface area contributed by atoms with Gasteiger partial charge in [-0.15, -0.1) is 0 Å². The van der Waals surface area contributed by atoms with Gasteiger partial charge in [-0.25, -0.2) is 0 Å². The molecule has 5 heteroatoms. The third kappa shape index (κ3) is 3.13. The van der Waals surface area contributed by atoms with Crippen LogP contribution in [0.4, 0.5) is 11.5 Å². The number of anilines is 2. The molecule has 0 amide bonds. The zero-order valence-corrected chi connectivity index (χ0v) is 12.4. The van der Waals surface area contributed by atoms with Crippen molar-refractivity contribution in [2.45, 2.75) is 26.5 Å². The molecule has 21 heavy (non-hydrogen) atoms. The lowest BCUT2D eigenvalue weighted by Gasteiger charge is -2.23. The minimum absolute atomic E-state index is 0.0904. The molecule has 1 aromatic heterocycles. The number of nitrogens with one attached hydrogen (secondary N) is 1. The number of aromatic nitrogens is 2. The van der Waals surface area contributed by atoms with E-state index in [1.54, 1.807) is 12.4 Å². The Morgan fingerprint density at radius 1 is 1.24 bits per heavy atom. The summed E-state index contributed by atoms with van der Waals surface area (Å²) in [5, 5.41) is 3.43. The Bertz CT molecular complexity index is 615. The van der Waals surface area contributed by atoms with Crippen LogP contribution in [0.25, 0.3) is 0 Å². The van der Waals surface area contributed by atoms with E-state index in [0.29, 0.717) is 5.88 Å². The summed E-state index contributed by atoms with van der Waals surface area (Å²) in [7, 11) is 0. The first-order chi connectivity index (χ1) is 10.2. The molecule has 0 radical (unpaired) electrons. The molecule has 1 aliphatic rings. The first-order valence-electron chi connectivity index (χ1n) is 7.29. The van der Waals surface area contributed by atoms with Crippen molar-refractivity contribution in [1.82, 2.24) is 15.3 Å². The lowest BCUT2D eigenvalue weighted by molar-refractivity contribution is 0.232. The van der Waals surface area contributed by atoms with Crippen LogP contribution in [-0.2, 0) is 6.54 Å². The van der Waals surface area contributed by atoms with Gasteiger partial charge >= 0.3 is 0 Å². The quantitative estimate of drug-likeness (QED) is 0.938. The molecule has 0 saturated heterocycles. The van der Waals surface area contributed by atoms with Crippen molar-refractivity contribution in [1.29, 1.82) is 0 Å². The highest BCUT2D eigenvalue weighted by atomic mass is 16.5. The van der Waals surface area contributed by atoms with E-state index >= 15 is 0 Å². The second kappa shape index (κ2) is 6.10. The van der Waals surface area contributed by atoms with E-state index in [1.165, 1.54) is 11.3 Å². The lowest BCUT2D eigenvalue weighted by Crippen LogP contribution is -2.25. The number of ether oxygens (including phenoxy) is 1. The smallest absolute Gasteiger partial charge is 0.234 e. The predicted molar refractivity (Wildman–Crippen MR) is 83.0 cm³/mol. The average molecular weight is 284 g/mol. The number of nitrogens with zero attached hydrogens (tertiary/aromatic N) is 3. The summed E-state index contributed by atoms with van der Waals surface area (Å²) in [6.07, 6.45) is 3.54. The SMILES string of the molecule is CC(C)Oc1cncc(N2CCNCc3ccccc32)n1. The van der Waals surface area contributed by atoms with E-state index < -0.39 is 0 Å². The highest BCUT2D eigenvalue weighted by Crippen LogP contribution is 2.28. The molecule has 3 rings (SSSR count). The van der Waals surface area contributed by atoms with Crippen LogP contribution in [-0.4, -0.2) is 29.2 Å². The fourth-order valence-corrected chi connectivity index (χ4v) is 2.46. The fraction of sp³-hybridized carbons (Fsp3) is 0.375. The zero-order valence-electron chi connectivity index (χ0n) is 12.4. The molecule has 2 heterocycles. The summed E-state index contributed by atoms with van der Waals surface area (Å²) in [6, 6.07) is 8.38. The molecule has 1 aromatic carbocycles. The van der Waals surface area contributed by atoms with Gasteiger partial charge in [0.05, 0.1) is 18.5 Å². The summed E-state index contributed by atoms with van der Waals surface area (Å²) in [5.74, 6) is 1.39. The minimum Gasteiger partial charge on any atom is -0.474 e. The number of benzene rings is 1. The van der Waals surface area contributed by atoms with E-state index in [0.717, 1.165) is 25.5 Å². The molecule has 110 valence electrons. The van der Waals surface area contributed by atoms with Crippen LogP contribution in [0.15, 0.2) is 36.7 Å². The topological polar surface area (TPSA) is 50.3 Å². The number of para-hydroxylation sites is 1. The molecule has 2 aromatic rings. The van der Waals surface area contributed by atoms with Crippen molar-refractivity contribution in [3.63, 3.8) is 0 Å². The highest BCUT2D eigenvalue weighted by molar-refractivity contribution is 5.64. The maximum absolute atomic E-state index is 5.65. The van der Waals surface area contributed by atoms with Crippen LogP contribution < -0.4 is 15.0 Å². The van der Waals surface area contributed by atoms with E-state index in [1.807, 2.05) is 13.8 Å². The molecule has 0 saturated carbocycles. The zero-order chi connectivity index (χ0) is 14.7. The van der Waals surface area contributed by atoms with Gasteiger partial charge in [-0.2, -0.15) is 4.98 Å². The maximum Gasteiger partial charge on any atom is 0.234 e.